The molecule has 176 valence electrons. The number of hydrogen-bond donors (Lipinski definition) is 3. The normalized spacial score (nSPS) is 16.1. The van der Waals surface area contributed by atoms with E-state index in [2.05, 4.69) is 16.0 Å². The molecule has 1 aromatic heterocycles. The molecular weight excluding hydrogens is 442 g/mol. The Balaban J connectivity index is 1.38. The van der Waals surface area contributed by atoms with E-state index in [1.54, 1.807) is 24.3 Å². The van der Waals surface area contributed by atoms with Crippen LogP contribution in [0.4, 0.5) is 5.69 Å². The average molecular weight is 468 g/mol. The maximum absolute atomic E-state index is 13.2. The summed E-state index contributed by atoms with van der Waals surface area (Å²) in [6.07, 6.45) is 0.333. The third-order valence-corrected chi connectivity index (χ3v) is 6.19. The van der Waals surface area contributed by atoms with Gasteiger partial charge in [-0.2, -0.15) is 0 Å². The van der Waals surface area contributed by atoms with Crippen molar-refractivity contribution in [3.8, 4) is 0 Å². The van der Waals surface area contributed by atoms with Crippen molar-refractivity contribution in [2.45, 2.75) is 24.9 Å². The number of para-hydroxylation sites is 3. The fourth-order valence-corrected chi connectivity index (χ4v) is 4.43. The van der Waals surface area contributed by atoms with Crippen LogP contribution in [0.15, 0.2) is 78.9 Å². The number of nitrogens with one attached hydrogen (secondary N) is 3. The van der Waals surface area contributed by atoms with E-state index in [0.717, 1.165) is 16.6 Å². The summed E-state index contributed by atoms with van der Waals surface area (Å²) in [4.78, 5) is 43.3. The summed E-state index contributed by atoms with van der Waals surface area (Å²) in [5.41, 5.74) is 3.64. The number of aromatic nitrogens is 2. The molecule has 0 saturated heterocycles. The van der Waals surface area contributed by atoms with E-state index in [1.807, 2.05) is 66.2 Å². The highest BCUT2D eigenvalue weighted by Gasteiger charge is 2.30. The molecule has 0 fully saturated rings. The second-order valence-electron chi connectivity index (χ2n) is 8.59. The Morgan fingerprint density at radius 1 is 1.00 bits per heavy atom. The number of carbonyl (C=O) groups is 3. The molecule has 1 aliphatic rings. The number of nitrogens with zero attached hydrogens (tertiary/aromatic N) is 2. The maximum Gasteiger partial charge on any atom is 0.254 e. The predicted octanol–water partition coefficient (Wildman–Crippen LogP) is 3.11. The molecule has 35 heavy (non-hydrogen) atoms. The van der Waals surface area contributed by atoms with Gasteiger partial charge in [0.2, 0.25) is 11.8 Å². The quantitative estimate of drug-likeness (QED) is 0.405. The van der Waals surface area contributed by atoms with Gasteiger partial charge in [0.1, 0.15) is 11.9 Å². The zero-order valence-electron chi connectivity index (χ0n) is 19.2. The van der Waals surface area contributed by atoms with Crippen LogP contribution in [0.2, 0.25) is 0 Å². The van der Waals surface area contributed by atoms with Crippen LogP contribution < -0.4 is 16.0 Å². The molecule has 0 aliphatic carbocycles. The molecule has 4 aromatic rings. The van der Waals surface area contributed by atoms with E-state index in [4.69, 9.17) is 4.98 Å². The van der Waals surface area contributed by atoms with Gasteiger partial charge in [0.25, 0.3) is 5.91 Å². The molecule has 0 bridgehead atoms. The summed E-state index contributed by atoms with van der Waals surface area (Å²) < 4.78 is 1.97. The van der Waals surface area contributed by atoms with E-state index in [9.17, 15) is 14.4 Å². The second-order valence-corrected chi connectivity index (χ2v) is 8.59. The fraction of sp³-hybridized carbons (Fsp3) is 0.185. The van der Waals surface area contributed by atoms with Gasteiger partial charge in [-0.25, -0.2) is 4.98 Å². The second kappa shape index (κ2) is 9.42. The molecule has 8 heteroatoms. The Morgan fingerprint density at radius 2 is 1.71 bits per heavy atom. The molecule has 0 unspecified atom stereocenters. The number of hydrogen-bond acceptors (Lipinski definition) is 4. The highest BCUT2D eigenvalue weighted by Crippen LogP contribution is 2.23. The molecule has 0 spiro atoms. The lowest BCUT2D eigenvalue weighted by molar-refractivity contribution is -0.126. The number of carbonyl (C=O) groups excluding carboxylic acids is 3. The Hall–Kier alpha value is -4.46. The largest absolute Gasteiger partial charge is 0.346 e. The number of fused-ring (bicyclic) bond motifs is 2. The van der Waals surface area contributed by atoms with Crippen LogP contribution in [-0.4, -0.2) is 33.3 Å². The van der Waals surface area contributed by atoms with Gasteiger partial charge >= 0.3 is 0 Å². The average Bonchev–Trinajstić information content (AvgIpc) is 3.14. The summed E-state index contributed by atoms with van der Waals surface area (Å²) in [6, 6.07) is 23.0. The number of imidazole rings is 1. The van der Waals surface area contributed by atoms with E-state index in [0.29, 0.717) is 23.5 Å². The van der Waals surface area contributed by atoms with Gasteiger partial charge < -0.3 is 20.5 Å². The third-order valence-electron chi connectivity index (χ3n) is 6.19. The van der Waals surface area contributed by atoms with Crippen molar-refractivity contribution in [2.24, 2.45) is 7.05 Å². The zero-order valence-corrected chi connectivity index (χ0v) is 19.2. The number of amides is 3. The number of aryl methyl sites for hydroxylation is 1. The first-order valence-corrected chi connectivity index (χ1v) is 11.4. The summed E-state index contributed by atoms with van der Waals surface area (Å²) in [5.74, 6) is -0.469. The smallest absolute Gasteiger partial charge is 0.254 e. The van der Waals surface area contributed by atoms with Crippen molar-refractivity contribution in [2.75, 3.05) is 5.32 Å². The number of rotatable bonds is 6. The van der Waals surface area contributed by atoms with E-state index in [1.165, 1.54) is 0 Å². The lowest BCUT2D eigenvalue weighted by Crippen LogP contribution is -2.45. The first kappa shape index (κ1) is 22.3. The van der Waals surface area contributed by atoms with Crippen molar-refractivity contribution in [3.63, 3.8) is 0 Å². The minimum Gasteiger partial charge on any atom is -0.346 e. The first-order valence-electron chi connectivity index (χ1n) is 11.4. The van der Waals surface area contributed by atoms with Gasteiger partial charge in [-0.3, -0.25) is 14.4 Å². The van der Waals surface area contributed by atoms with Crippen LogP contribution in [0.5, 0.6) is 0 Å². The molecule has 1 aliphatic heterocycles. The van der Waals surface area contributed by atoms with Crippen molar-refractivity contribution >= 4 is 34.4 Å². The van der Waals surface area contributed by atoms with Gasteiger partial charge in [0.15, 0.2) is 0 Å². The number of anilines is 1. The summed E-state index contributed by atoms with van der Waals surface area (Å²) in [7, 11) is 1.92. The van der Waals surface area contributed by atoms with Crippen LogP contribution >= 0.6 is 0 Å². The minimum atomic E-state index is -0.993. The first-order chi connectivity index (χ1) is 17.0. The molecule has 3 aromatic carbocycles. The predicted molar refractivity (Wildman–Crippen MR) is 133 cm³/mol. The molecule has 8 nitrogen and oxygen atoms in total. The Kier molecular flexibility index (Phi) is 6.01. The van der Waals surface area contributed by atoms with Gasteiger partial charge in [-0.15, -0.1) is 0 Å². The topological polar surface area (TPSA) is 105 Å². The third kappa shape index (κ3) is 4.63. The van der Waals surface area contributed by atoms with Crippen LogP contribution in [0, 0.1) is 0 Å². The van der Waals surface area contributed by atoms with E-state index in [-0.39, 0.29) is 12.3 Å². The minimum absolute atomic E-state index is 0.194. The monoisotopic (exact) mass is 467 g/mol. The highest BCUT2D eigenvalue weighted by atomic mass is 16.2. The van der Waals surface area contributed by atoms with Gasteiger partial charge in [-0.05, 0) is 36.2 Å². The van der Waals surface area contributed by atoms with E-state index < -0.39 is 23.9 Å². The highest BCUT2D eigenvalue weighted by molar-refractivity contribution is 6.10. The molecular formula is C27H25N5O3. The SMILES string of the molecule is Cn1c([C@H](Cc2ccccc2)NC(=O)C[C@H]2NC(=O)c3ccccc3NC2=O)nc2ccccc21. The van der Waals surface area contributed by atoms with Crippen LogP contribution in [-0.2, 0) is 23.1 Å². The number of benzene rings is 3. The molecule has 2 atom stereocenters. The maximum atomic E-state index is 13.2. The summed E-state index contributed by atoms with van der Waals surface area (Å²) >= 11 is 0. The van der Waals surface area contributed by atoms with Crippen LogP contribution in [0.1, 0.15) is 34.2 Å². The Morgan fingerprint density at radius 3 is 2.51 bits per heavy atom. The molecule has 0 saturated carbocycles. The Labute approximate surface area is 202 Å². The summed E-state index contributed by atoms with van der Waals surface area (Å²) in [6.45, 7) is 0. The molecule has 0 radical (unpaired) electrons. The zero-order chi connectivity index (χ0) is 24.4. The van der Waals surface area contributed by atoms with Crippen molar-refractivity contribution in [1.82, 2.24) is 20.2 Å². The van der Waals surface area contributed by atoms with Crippen molar-refractivity contribution < 1.29 is 14.4 Å². The van der Waals surface area contributed by atoms with Gasteiger partial charge in [0.05, 0.1) is 34.7 Å². The summed E-state index contributed by atoms with van der Waals surface area (Å²) in [5, 5.41) is 8.47. The fourth-order valence-electron chi connectivity index (χ4n) is 4.43. The van der Waals surface area contributed by atoms with E-state index >= 15 is 0 Å². The van der Waals surface area contributed by atoms with Gasteiger partial charge in [0, 0.05) is 7.05 Å². The molecule has 3 N–H and O–H groups in total. The standard InChI is InChI=1S/C27H25N5O3/c1-32-23-14-8-7-13-20(23)29-25(32)21(15-17-9-3-2-4-10-17)28-24(33)16-22-27(35)30-19-12-6-5-11-18(19)26(34)31-22/h2-14,21-22H,15-16H2,1H3,(H,28,33)(H,30,35)(H,31,34)/t21-,22+/m0/s1. The van der Waals surface area contributed by atoms with Crippen molar-refractivity contribution in [3.05, 3.63) is 95.8 Å². The lowest BCUT2D eigenvalue weighted by Gasteiger charge is -2.21. The van der Waals surface area contributed by atoms with Crippen molar-refractivity contribution in [1.29, 1.82) is 0 Å². The Bertz CT molecular complexity index is 1410. The molecule has 2 heterocycles. The molecule has 3 amide bonds. The van der Waals surface area contributed by atoms with Gasteiger partial charge in [-0.1, -0.05) is 54.6 Å². The lowest BCUT2D eigenvalue weighted by atomic mass is 10.0. The van der Waals surface area contributed by atoms with Crippen LogP contribution in [0.3, 0.4) is 0 Å². The van der Waals surface area contributed by atoms with Crippen LogP contribution in [0.25, 0.3) is 11.0 Å². The molecule has 5 rings (SSSR count).